The second-order valence-electron chi connectivity index (χ2n) is 4.61. The van der Waals surface area contributed by atoms with Gasteiger partial charge in [0, 0.05) is 31.3 Å². The Bertz CT molecular complexity index is 570. The molecule has 0 bridgehead atoms. The average Bonchev–Trinajstić information content (AvgIpc) is 2.82. The number of nitrogens with two attached hydrogens (primary N) is 1. The molecule has 1 aromatic carbocycles. The highest BCUT2D eigenvalue weighted by Gasteiger charge is 2.11. The summed E-state index contributed by atoms with van der Waals surface area (Å²) in [7, 11) is 0. The lowest BCUT2D eigenvalue weighted by Gasteiger charge is -2.19. The van der Waals surface area contributed by atoms with Crippen molar-refractivity contribution in [2.75, 3.05) is 13.1 Å². The van der Waals surface area contributed by atoms with Gasteiger partial charge in [0.05, 0.1) is 0 Å². The molecule has 2 rings (SSSR count). The maximum atomic E-state index is 12.1. The molecule has 4 heteroatoms. The van der Waals surface area contributed by atoms with Gasteiger partial charge >= 0.3 is 0 Å². The van der Waals surface area contributed by atoms with Gasteiger partial charge in [-0.05, 0) is 43.0 Å². The number of benzene rings is 1. The van der Waals surface area contributed by atoms with Crippen LogP contribution in [0.2, 0.25) is 0 Å². The van der Waals surface area contributed by atoms with Crippen molar-refractivity contribution in [3.05, 3.63) is 36.0 Å². The molecule has 1 amide bonds. The Morgan fingerprint density at radius 2 is 2.00 bits per heavy atom. The molecule has 19 heavy (non-hydrogen) atoms. The fourth-order valence-corrected chi connectivity index (χ4v) is 2.34. The van der Waals surface area contributed by atoms with E-state index in [2.05, 4.69) is 6.07 Å². The SMILES string of the molecule is CCN(CC)C(=O)Cn1ccc2cc(CN)ccc21. The van der Waals surface area contributed by atoms with Gasteiger partial charge in [0.1, 0.15) is 6.54 Å². The number of rotatable bonds is 5. The van der Waals surface area contributed by atoms with E-state index in [9.17, 15) is 4.79 Å². The van der Waals surface area contributed by atoms with E-state index >= 15 is 0 Å². The average molecular weight is 259 g/mol. The van der Waals surface area contributed by atoms with Crippen LogP contribution in [0.5, 0.6) is 0 Å². The van der Waals surface area contributed by atoms with E-state index in [4.69, 9.17) is 5.73 Å². The number of amides is 1. The first kappa shape index (κ1) is 13.6. The van der Waals surface area contributed by atoms with E-state index in [1.165, 1.54) is 0 Å². The predicted molar refractivity (Wildman–Crippen MR) is 77.8 cm³/mol. The summed E-state index contributed by atoms with van der Waals surface area (Å²) in [5, 5.41) is 1.13. The number of hydrogen-bond acceptors (Lipinski definition) is 2. The fraction of sp³-hybridized carbons (Fsp3) is 0.400. The van der Waals surface area contributed by atoms with Gasteiger partial charge in [-0.3, -0.25) is 4.79 Å². The lowest BCUT2D eigenvalue weighted by molar-refractivity contribution is -0.131. The Labute approximate surface area is 113 Å². The Morgan fingerprint density at radius 1 is 1.26 bits per heavy atom. The normalized spacial score (nSPS) is 10.9. The molecule has 0 saturated carbocycles. The summed E-state index contributed by atoms with van der Waals surface area (Å²) in [5.41, 5.74) is 7.83. The van der Waals surface area contributed by atoms with Gasteiger partial charge in [0.15, 0.2) is 0 Å². The van der Waals surface area contributed by atoms with Gasteiger partial charge in [0.2, 0.25) is 5.91 Å². The molecular weight excluding hydrogens is 238 g/mol. The van der Waals surface area contributed by atoms with E-state index < -0.39 is 0 Å². The minimum atomic E-state index is 0.158. The Kier molecular flexibility index (Phi) is 4.22. The Hall–Kier alpha value is -1.81. The maximum Gasteiger partial charge on any atom is 0.242 e. The molecular formula is C15H21N3O. The predicted octanol–water partition coefficient (Wildman–Crippen LogP) is 1.97. The molecule has 2 N–H and O–H groups in total. The van der Waals surface area contributed by atoms with E-state index in [0.29, 0.717) is 13.1 Å². The molecule has 0 aliphatic rings. The van der Waals surface area contributed by atoms with Crippen LogP contribution in [0.3, 0.4) is 0 Å². The number of hydrogen-bond donors (Lipinski definition) is 1. The molecule has 0 unspecified atom stereocenters. The Morgan fingerprint density at radius 3 is 2.63 bits per heavy atom. The molecule has 0 fully saturated rings. The first-order chi connectivity index (χ1) is 9.19. The standard InChI is InChI=1S/C15H21N3O/c1-3-17(4-2)15(19)11-18-8-7-13-9-12(10-16)5-6-14(13)18/h5-9H,3-4,10-11,16H2,1-2H3. The van der Waals surface area contributed by atoms with Crippen LogP contribution in [0.1, 0.15) is 19.4 Å². The van der Waals surface area contributed by atoms with Gasteiger partial charge < -0.3 is 15.2 Å². The monoisotopic (exact) mass is 259 g/mol. The number of nitrogens with zero attached hydrogens (tertiary/aromatic N) is 2. The third-order valence-corrected chi connectivity index (χ3v) is 3.49. The number of carbonyl (C=O) groups is 1. The highest BCUT2D eigenvalue weighted by Crippen LogP contribution is 2.17. The van der Waals surface area contributed by atoms with Gasteiger partial charge in [-0.2, -0.15) is 0 Å². The first-order valence-electron chi connectivity index (χ1n) is 6.75. The first-order valence-corrected chi connectivity index (χ1v) is 6.75. The van der Waals surface area contributed by atoms with Crippen LogP contribution in [0.4, 0.5) is 0 Å². The van der Waals surface area contributed by atoms with E-state index in [-0.39, 0.29) is 5.91 Å². The molecule has 1 aromatic heterocycles. The third kappa shape index (κ3) is 2.79. The number of carbonyl (C=O) groups excluding carboxylic acids is 1. The van der Waals surface area contributed by atoms with E-state index in [1.54, 1.807) is 0 Å². The summed E-state index contributed by atoms with van der Waals surface area (Å²) in [4.78, 5) is 14.0. The van der Waals surface area contributed by atoms with Crippen LogP contribution < -0.4 is 5.73 Å². The maximum absolute atomic E-state index is 12.1. The van der Waals surface area contributed by atoms with Crippen molar-refractivity contribution in [1.29, 1.82) is 0 Å². The quantitative estimate of drug-likeness (QED) is 0.892. The van der Waals surface area contributed by atoms with E-state index in [0.717, 1.165) is 29.6 Å². The number of aromatic nitrogens is 1. The zero-order valence-corrected chi connectivity index (χ0v) is 11.6. The molecule has 102 valence electrons. The summed E-state index contributed by atoms with van der Waals surface area (Å²) in [6, 6.07) is 8.16. The summed E-state index contributed by atoms with van der Waals surface area (Å²) in [5.74, 6) is 0.158. The molecule has 0 spiro atoms. The lowest BCUT2D eigenvalue weighted by Crippen LogP contribution is -2.33. The lowest BCUT2D eigenvalue weighted by atomic mass is 10.1. The third-order valence-electron chi connectivity index (χ3n) is 3.49. The second kappa shape index (κ2) is 5.89. The van der Waals surface area contributed by atoms with E-state index in [1.807, 2.05) is 47.7 Å². The topological polar surface area (TPSA) is 51.3 Å². The minimum absolute atomic E-state index is 0.158. The van der Waals surface area contributed by atoms with Crippen LogP contribution in [-0.4, -0.2) is 28.5 Å². The highest BCUT2D eigenvalue weighted by molar-refractivity contribution is 5.83. The van der Waals surface area contributed by atoms with Gasteiger partial charge in [0.25, 0.3) is 0 Å². The zero-order chi connectivity index (χ0) is 13.8. The summed E-state index contributed by atoms with van der Waals surface area (Å²) < 4.78 is 2.00. The van der Waals surface area contributed by atoms with Crippen LogP contribution >= 0.6 is 0 Å². The zero-order valence-electron chi connectivity index (χ0n) is 11.6. The number of likely N-dealkylation sites (N-methyl/N-ethyl adjacent to an activating group) is 1. The smallest absolute Gasteiger partial charge is 0.242 e. The molecule has 0 radical (unpaired) electrons. The van der Waals surface area contributed by atoms with Crippen molar-refractivity contribution in [2.45, 2.75) is 26.9 Å². The fourth-order valence-electron chi connectivity index (χ4n) is 2.34. The number of fused-ring (bicyclic) bond motifs is 1. The van der Waals surface area contributed by atoms with Crippen molar-refractivity contribution < 1.29 is 4.79 Å². The largest absolute Gasteiger partial charge is 0.342 e. The van der Waals surface area contributed by atoms with Gasteiger partial charge in [-0.15, -0.1) is 0 Å². The molecule has 0 aliphatic heterocycles. The van der Waals surface area contributed by atoms with Crippen LogP contribution in [0, 0.1) is 0 Å². The summed E-state index contributed by atoms with van der Waals surface area (Å²) >= 11 is 0. The molecule has 1 heterocycles. The molecule has 0 aliphatic carbocycles. The molecule has 4 nitrogen and oxygen atoms in total. The van der Waals surface area contributed by atoms with Crippen LogP contribution in [0.25, 0.3) is 10.9 Å². The van der Waals surface area contributed by atoms with Crippen LogP contribution in [0.15, 0.2) is 30.5 Å². The van der Waals surface area contributed by atoms with Crippen LogP contribution in [-0.2, 0) is 17.9 Å². The van der Waals surface area contributed by atoms with Gasteiger partial charge in [-0.25, -0.2) is 0 Å². The molecule has 0 saturated heterocycles. The van der Waals surface area contributed by atoms with Crippen molar-refractivity contribution in [3.8, 4) is 0 Å². The molecule has 0 atom stereocenters. The van der Waals surface area contributed by atoms with Gasteiger partial charge in [-0.1, -0.05) is 6.07 Å². The Balaban J connectivity index is 2.24. The highest BCUT2D eigenvalue weighted by atomic mass is 16.2. The van der Waals surface area contributed by atoms with Crippen molar-refractivity contribution in [1.82, 2.24) is 9.47 Å². The van der Waals surface area contributed by atoms with Crippen molar-refractivity contribution in [2.24, 2.45) is 5.73 Å². The second-order valence-corrected chi connectivity index (χ2v) is 4.61. The molecule has 2 aromatic rings. The minimum Gasteiger partial charge on any atom is -0.342 e. The van der Waals surface area contributed by atoms with Crippen molar-refractivity contribution in [3.63, 3.8) is 0 Å². The van der Waals surface area contributed by atoms with Crippen molar-refractivity contribution >= 4 is 16.8 Å². The summed E-state index contributed by atoms with van der Waals surface area (Å²) in [6.45, 7) is 6.45. The summed E-state index contributed by atoms with van der Waals surface area (Å²) in [6.07, 6.45) is 1.96.